The van der Waals surface area contributed by atoms with Gasteiger partial charge in [-0.15, -0.1) is 0 Å². The summed E-state index contributed by atoms with van der Waals surface area (Å²) in [4.78, 5) is 4.57. The maximum Gasteiger partial charge on any atom is 0.142 e. The molecular weight excluding hydrogens is 252 g/mol. The highest BCUT2D eigenvalue weighted by Crippen LogP contribution is 2.44. The van der Waals surface area contributed by atoms with Crippen molar-refractivity contribution in [1.29, 1.82) is 0 Å². The van der Waals surface area contributed by atoms with Gasteiger partial charge in [-0.25, -0.2) is 0 Å². The molecule has 2 rings (SSSR count). The molecule has 1 atom stereocenters. The number of aromatic nitrogens is 1. The van der Waals surface area contributed by atoms with Crippen LogP contribution in [-0.2, 0) is 4.74 Å². The number of nitrogens with zero attached hydrogens (tertiary/aromatic N) is 1. The SMILES string of the molecule is CCNC(c1ncccc1OC)C1(OCC)CCCC1. The lowest BCUT2D eigenvalue weighted by Crippen LogP contribution is -2.45. The van der Waals surface area contributed by atoms with Crippen molar-refractivity contribution in [3.8, 4) is 5.75 Å². The van der Waals surface area contributed by atoms with Crippen molar-refractivity contribution >= 4 is 0 Å². The normalized spacial score (nSPS) is 18.9. The molecule has 4 heteroatoms. The molecule has 1 aliphatic carbocycles. The molecule has 1 heterocycles. The van der Waals surface area contributed by atoms with Gasteiger partial charge in [-0.3, -0.25) is 4.98 Å². The fraction of sp³-hybridized carbons (Fsp3) is 0.688. The van der Waals surface area contributed by atoms with Crippen LogP contribution in [0.25, 0.3) is 0 Å². The molecule has 1 aliphatic rings. The molecular formula is C16H26N2O2. The van der Waals surface area contributed by atoms with Crippen LogP contribution in [0, 0.1) is 0 Å². The van der Waals surface area contributed by atoms with Crippen molar-refractivity contribution in [1.82, 2.24) is 10.3 Å². The molecule has 0 aromatic carbocycles. The first kappa shape index (κ1) is 15.3. The van der Waals surface area contributed by atoms with Crippen molar-refractivity contribution in [2.75, 3.05) is 20.3 Å². The lowest BCUT2D eigenvalue weighted by Gasteiger charge is -2.38. The first-order valence-electron chi connectivity index (χ1n) is 7.63. The Morgan fingerprint density at radius 1 is 1.35 bits per heavy atom. The number of rotatable bonds is 7. The van der Waals surface area contributed by atoms with Gasteiger partial charge in [0.15, 0.2) is 0 Å². The molecule has 112 valence electrons. The fourth-order valence-electron chi connectivity index (χ4n) is 3.31. The number of likely N-dealkylation sites (N-methyl/N-ethyl adjacent to an activating group) is 1. The average Bonchev–Trinajstić information content (AvgIpc) is 2.94. The van der Waals surface area contributed by atoms with Gasteiger partial charge in [-0.2, -0.15) is 0 Å². The second kappa shape index (κ2) is 7.04. The Morgan fingerprint density at radius 3 is 2.70 bits per heavy atom. The Bertz CT molecular complexity index is 417. The summed E-state index contributed by atoms with van der Waals surface area (Å²) in [5.74, 6) is 0.837. The summed E-state index contributed by atoms with van der Waals surface area (Å²) in [7, 11) is 1.70. The van der Waals surface area contributed by atoms with Gasteiger partial charge in [0.2, 0.25) is 0 Å². The van der Waals surface area contributed by atoms with Gasteiger partial charge in [-0.05, 0) is 38.4 Å². The van der Waals surface area contributed by atoms with E-state index in [0.717, 1.165) is 37.4 Å². The summed E-state index contributed by atoms with van der Waals surface area (Å²) < 4.78 is 11.7. The molecule has 0 radical (unpaired) electrons. The van der Waals surface area contributed by atoms with E-state index in [0.29, 0.717) is 0 Å². The summed E-state index contributed by atoms with van der Waals surface area (Å²) in [5, 5.41) is 3.57. The van der Waals surface area contributed by atoms with Crippen molar-refractivity contribution in [2.45, 2.75) is 51.2 Å². The lowest BCUT2D eigenvalue weighted by atomic mass is 9.88. The third-order valence-corrected chi connectivity index (χ3v) is 4.11. The number of methoxy groups -OCH3 is 1. The van der Waals surface area contributed by atoms with E-state index in [-0.39, 0.29) is 11.6 Å². The minimum Gasteiger partial charge on any atom is -0.495 e. The second-order valence-electron chi connectivity index (χ2n) is 5.29. The van der Waals surface area contributed by atoms with E-state index in [1.165, 1.54) is 12.8 Å². The van der Waals surface area contributed by atoms with Gasteiger partial charge in [0.25, 0.3) is 0 Å². The average molecular weight is 278 g/mol. The highest BCUT2D eigenvalue weighted by atomic mass is 16.5. The largest absolute Gasteiger partial charge is 0.495 e. The summed E-state index contributed by atoms with van der Waals surface area (Å²) in [6.45, 7) is 5.81. The van der Waals surface area contributed by atoms with E-state index in [1.54, 1.807) is 7.11 Å². The van der Waals surface area contributed by atoms with Crippen LogP contribution in [0.4, 0.5) is 0 Å². The van der Waals surface area contributed by atoms with E-state index in [2.05, 4.69) is 24.1 Å². The van der Waals surface area contributed by atoms with E-state index in [9.17, 15) is 0 Å². The van der Waals surface area contributed by atoms with Crippen LogP contribution < -0.4 is 10.1 Å². The molecule has 0 aliphatic heterocycles. The summed E-state index contributed by atoms with van der Waals surface area (Å²) in [6, 6.07) is 3.97. The smallest absolute Gasteiger partial charge is 0.142 e. The summed E-state index contributed by atoms with van der Waals surface area (Å²) in [5.41, 5.74) is 0.819. The number of nitrogens with one attached hydrogen (secondary N) is 1. The first-order valence-corrected chi connectivity index (χ1v) is 7.63. The van der Waals surface area contributed by atoms with Crippen molar-refractivity contribution < 1.29 is 9.47 Å². The maximum absolute atomic E-state index is 6.20. The molecule has 0 amide bonds. The number of hydrogen-bond acceptors (Lipinski definition) is 4. The van der Waals surface area contributed by atoms with Gasteiger partial charge < -0.3 is 14.8 Å². The molecule has 1 aromatic rings. The molecule has 0 saturated heterocycles. The van der Waals surface area contributed by atoms with Gasteiger partial charge >= 0.3 is 0 Å². The number of pyridine rings is 1. The van der Waals surface area contributed by atoms with Crippen molar-refractivity contribution in [3.63, 3.8) is 0 Å². The van der Waals surface area contributed by atoms with Crippen molar-refractivity contribution in [3.05, 3.63) is 24.0 Å². The van der Waals surface area contributed by atoms with Crippen molar-refractivity contribution in [2.24, 2.45) is 0 Å². The van der Waals surface area contributed by atoms with E-state index >= 15 is 0 Å². The van der Waals surface area contributed by atoms with Crippen LogP contribution in [0.2, 0.25) is 0 Å². The van der Waals surface area contributed by atoms with E-state index < -0.39 is 0 Å². The minimum atomic E-state index is -0.146. The molecule has 1 N–H and O–H groups in total. The predicted molar refractivity (Wildman–Crippen MR) is 80.0 cm³/mol. The molecule has 1 aromatic heterocycles. The molecule has 1 saturated carbocycles. The maximum atomic E-state index is 6.20. The molecule has 0 bridgehead atoms. The lowest BCUT2D eigenvalue weighted by molar-refractivity contribution is -0.0637. The minimum absolute atomic E-state index is 0.0890. The highest BCUT2D eigenvalue weighted by Gasteiger charge is 2.44. The van der Waals surface area contributed by atoms with Crippen LogP contribution in [0.5, 0.6) is 5.75 Å². The zero-order valence-corrected chi connectivity index (χ0v) is 12.8. The molecule has 20 heavy (non-hydrogen) atoms. The van der Waals surface area contributed by atoms with Gasteiger partial charge in [0, 0.05) is 12.8 Å². The van der Waals surface area contributed by atoms with Gasteiger partial charge in [0.1, 0.15) is 11.4 Å². The quantitative estimate of drug-likeness (QED) is 0.832. The van der Waals surface area contributed by atoms with Crippen LogP contribution in [0.3, 0.4) is 0 Å². The fourth-order valence-corrected chi connectivity index (χ4v) is 3.31. The zero-order valence-electron chi connectivity index (χ0n) is 12.8. The van der Waals surface area contributed by atoms with Crippen LogP contribution >= 0.6 is 0 Å². The Balaban J connectivity index is 2.38. The summed E-state index contributed by atoms with van der Waals surface area (Å²) >= 11 is 0. The Labute approximate surface area is 121 Å². The van der Waals surface area contributed by atoms with Gasteiger partial charge in [0.05, 0.1) is 18.8 Å². The van der Waals surface area contributed by atoms with Crippen LogP contribution in [0.15, 0.2) is 18.3 Å². The standard InChI is InChI=1S/C16H26N2O2/c1-4-17-15(14-13(19-3)9-8-12-18-14)16(20-5-2)10-6-7-11-16/h8-9,12,15,17H,4-7,10-11H2,1-3H3. The summed E-state index contributed by atoms with van der Waals surface area (Å²) in [6.07, 6.45) is 6.43. The van der Waals surface area contributed by atoms with Gasteiger partial charge in [-0.1, -0.05) is 19.8 Å². The monoisotopic (exact) mass is 278 g/mol. The molecule has 0 spiro atoms. The topological polar surface area (TPSA) is 43.4 Å². The zero-order chi connectivity index (χ0) is 14.4. The van der Waals surface area contributed by atoms with Crippen LogP contribution in [-0.4, -0.2) is 30.8 Å². The third-order valence-electron chi connectivity index (χ3n) is 4.11. The number of hydrogen-bond donors (Lipinski definition) is 1. The number of ether oxygens (including phenoxy) is 2. The molecule has 1 unspecified atom stereocenters. The van der Waals surface area contributed by atoms with E-state index in [1.807, 2.05) is 18.3 Å². The van der Waals surface area contributed by atoms with Crippen LogP contribution in [0.1, 0.15) is 51.3 Å². The molecule has 1 fully saturated rings. The Kier molecular flexibility index (Phi) is 5.38. The third kappa shape index (κ3) is 2.96. The first-order chi connectivity index (χ1) is 9.77. The predicted octanol–water partition coefficient (Wildman–Crippen LogP) is 3.09. The second-order valence-corrected chi connectivity index (χ2v) is 5.29. The van der Waals surface area contributed by atoms with E-state index in [4.69, 9.17) is 9.47 Å². The Hall–Kier alpha value is -1.13. The highest BCUT2D eigenvalue weighted by molar-refractivity contribution is 5.32. The Morgan fingerprint density at radius 2 is 2.10 bits per heavy atom. The molecule has 4 nitrogen and oxygen atoms in total.